The van der Waals surface area contributed by atoms with Crippen molar-refractivity contribution in [2.24, 2.45) is 0 Å². The Morgan fingerprint density at radius 2 is 1.77 bits per heavy atom. The fourth-order valence-electron chi connectivity index (χ4n) is 2.23. The molecule has 138 valence electrons. The average Bonchev–Trinajstić information content (AvgIpc) is 2.66. The zero-order valence-electron chi connectivity index (χ0n) is 14.4. The fourth-order valence-corrected chi connectivity index (χ4v) is 3.01. The molecule has 0 spiro atoms. The van der Waals surface area contributed by atoms with Crippen molar-refractivity contribution in [2.75, 3.05) is 13.7 Å². The third-order valence-electron chi connectivity index (χ3n) is 3.66. The van der Waals surface area contributed by atoms with Crippen molar-refractivity contribution in [3.63, 3.8) is 0 Å². The van der Waals surface area contributed by atoms with Gasteiger partial charge in [0.05, 0.1) is 16.5 Å². The minimum absolute atomic E-state index is 0.0465. The van der Waals surface area contributed by atoms with E-state index in [2.05, 4.69) is 10.0 Å². The lowest BCUT2D eigenvalue weighted by molar-refractivity contribution is -0.124. The maximum atomic E-state index is 12.1. The van der Waals surface area contributed by atoms with Crippen LogP contribution in [-0.2, 0) is 19.6 Å². The van der Waals surface area contributed by atoms with Gasteiger partial charge in [-0.15, -0.1) is 0 Å². The second-order valence-corrected chi connectivity index (χ2v) is 7.40. The first-order valence-corrected chi connectivity index (χ1v) is 9.37. The number of hydrogen-bond donors (Lipinski definition) is 2. The molecule has 26 heavy (non-hydrogen) atoms. The highest BCUT2D eigenvalue weighted by atomic mass is 32.2. The minimum Gasteiger partial charge on any atom is -0.452 e. The van der Waals surface area contributed by atoms with Gasteiger partial charge in [0.15, 0.2) is 6.61 Å². The summed E-state index contributed by atoms with van der Waals surface area (Å²) >= 11 is 0. The van der Waals surface area contributed by atoms with Gasteiger partial charge in [0.1, 0.15) is 0 Å². The van der Waals surface area contributed by atoms with E-state index in [0.29, 0.717) is 0 Å². The van der Waals surface area contributed by atoms with E-state index in [-0.39, 0.29) is 16.5 Å². The van der Waals surface area contributed by atoms with Crippen molar-refractivity contribution in [1.29, 1.82) is 0 Å². The summed E-state index contributed by atoms with van der Waals surface area (Å²) in [5.74, 6) is -1.23. The smallest absolute Gasteiger partial charge is 0.338 e. The number of carbonyl (C=O) groups excluding carboxylic acids is 2. The predicted molar refractivity (Wildman–Crippen MR) is 96.0 cm³/mol. The van der Waals surface area contributed by atoms with Gasteiger partial charge in [-0.3, -0.25) is 4.79 Å². The van der Waals surface area contributed by atoms with Crippen LogP contribution in [0.4, 0.5) is 0 Å². The summed E-state index contributed by atoms with van der Waals surface area (Å²) < 4.78 is 30.7. The second kappa shape index (κ2) is 8.59. The van der Waals surface area contributed by atoms with Crippen LogP contribution in [0.5, 0.6) is 0 Å². The number of carbonyl (C=O) groups is 2. The van der Waals surface area contributed by atoms with E-state index in [1.165, 1.54) is 31.3 Å². The van der Waals surface area contributed by atoms with E-state index in [1.54, 1.807) is 0 Å². The SMILES string of the molecule is CNS(=O)(=O)c1cccc(C(=O)OCC(=O)NC(C)c2ccccc2)c1. The Balaban J connectivity index is 1.94. The van der Waals surface area contributed by atoms with E-state index in [1.807, 2.05) is 37.3 Å². The first-order chi connectivity index (χ1) is 12.3. The van der Waals surface area contributed by atoms with Crippen LogP contribution in [0.25, 0.3) is 0 Å². The van der Waals surface area contributed by atoms with Gasteiger partial charge < -0.3 is 10.1 Å². The Bertz CT molecular complexity index is 881. The summed E-state index contributed by atoms with van der Waals surface area (Å²) in [6, 6.07) is 14.5. The summed E-state index contributed by atoms with van der Waals surface area (Å²) in [6.45, 7) is 1.36. The Kier molecular flexibility index (Phi) is 6.48. The predicted octanol–water partition coefficient (Wildman–Crippen LogP) is 1.63. The molecule has 0 fully saturated rings. The van der Waals surface area contributed by atoms with Gasteiger partial charge in [0.2, 0.25) is 10.0 Å². The standard InChI is InChI=1S/C18H20N2O5S/c1-13(14-7-4-3-5-8-14)20-17(21)12-25-18(22)15-9-6-10-16(11-15)26(23,24)19-2/h3-11,13,19H,12H2,1-2H3,(H,20,21). The van der Waals surface area contributed by atoms with Crippen LogP contribution in [-0.4, -0.2) is 33.9 Å². The van der Waals surface area contributed by atoms with Gasteiger partial charge in [-0.05, 0) is 37.7 Å². The monoisotopic (exact) mass is 376 g/mol. The Morgan fingerprint density at radius 1 is 1.08 bits per heavy atom. The number of ether oxygens (including phenoxy) is 1. The molecule has 1 atom stereocenters. The second-order valence-electron chi connectivity index (χ2n) is 5.51. The van der Waals surface area contributed by atoms with Crippen LogP contribution in [0.15, 0.2) is 59.5 Å². The molecular weight excluding hydrogens is 356 g/mol. The maximum Gasteiger partial charge on any atom is 0.338 e. The Labute approximate surface area is 152 Å². The van der Waals surface area contributed by atoms with Crippen molar-refractivity contribution in [2.45, 2.75) is 17.9 Å². The maximum absolute atomic E-state index is 12.1. The lowest BCUT2D eigenvalue weighted by atomic mass is 10.1. The molecule has 2 aromatic carbocycles. The van der Waals surface area contributed by atoms with Crippen LogP contribution in [0, 0.1) is 0 Å². The van der Waals surface area contributed by atoms with Crippen LogP contribution >= 0.6 is 0 Å². The van der Waals surface area contributed by atoms with Gasteiger partial charge in [0, 0.05) is 0 Å². The van der Waals surface area contributed by atoms with Crippen LogP contribution in [0.1, 0.15) is 28.9 Å². The van der Waals surface area contributed by atoms with Crippen LogP contribution in [0.3, 0.4) is 0 Å². The van der Waals surface area contributed by atoms with Crippen molar-refractivity contribution in [3.05, 3.63) is 65.7 Å². The third kappa shape index (κ3) is 5.14. The largest absolute Gasteiger partial charge is 0.452 e. The lowest BCUT2D eigenvalue weighted by Gasteiger charge is -2.14. The molecule has 0 aliphatic carbocycles. The van der Waals surface area contributed by atoms with Crippen LogP contribution in [0.2, 0.25) is 0 Å². The Morgan fingerprint density at radius 3 is 2.42 bits per heavy atom. The molecule has 0 aliphatic heterocycles. The van der Waals surface area contributed by atoms with E-state index in [4.69, 9.17) is 4.74 Å². The highest BCUT2D eigenvalue weighted by Gasteiger charge is 2.16. The normalized spacial score (nSPS) is 12.2. The molecule has 2 N–H and O–H groups in total. The first kappa shape index (κ1) is 19.6. The number of sulfonamides is 1. The van der Waals surface area contributed by atoms with Crippen molar-refractivity contribution in [3.8, 4) is 0 Å². The average molecular weight is 376 g/mol. The first-order valence-electron chi connectivity index (χ1n) is 7.88. The molecule has 7 nitrogen and oxygen atoms in total. The number of benzene rings is 2. The highest BCUT2D eigenvalue weighted by molar-refractivity contribution is 7.89. The van der Waals surface area contributed by atoms with E-state index in [9.17, 15) is 18.0 Å². The number of hydrogen-bond acceptors (Lipinski definition) is 5. The van der Waals surface area contributed by atoms with Crippen LogP contribution < -0.4 is 10.0 Å². The quantitative estimate of drug-likeness (QED) is 0.715. The van der Waals surface area contributed by atoms with Gasteiger partial charge in [0.25, 0.3) is 5.91 Å². The number of amides is 1. The summed E-state index contributed by atoms with van der Waals surface area (Å²) in [7, 11) is -2.39. The van der Waals surface area contributed by atoms with Crippen molar-refractivity contribution >= 4 is 21.9 Å². The molecule has 0 radical (unpaired) electrons. The van der Waals surface area contributed by atoms with E-state index < -0.39 is 28.5 Å². The Hall–Kier alpha value is -2.71. The van der Waals surface area contributed by atoms with Crippen molar-refractivity contribution < 1.29 is 22.7 Å². The number of nitrogens with one attached hydrogen (secondary N) is 2. The summed E-state index contributed by atoms with van der Waals surface area (Å²) in [5.41, 5.74) is 0.974. The highest BCUT2D eigenvalue weighted by Crippen LogP contribution is 2.13. The molecule has 2 rings (SSSR count). The molecule has 1 amide bonds. The summed E-state index contributed by atoms with van der Waals surface area (Å²) in [6.07, 6.45) is 0. The van der Waals surface area contributed by atoms with Crippen molar-refractivity contribution in [1.82, 2.24) is 10.0 Å². The zero-order valence-corrected chi connectivity index (χ0v) is 15.2. The fraction of sp³-hybridized carbons (Fsp3) is 0.222. The van der Waals surface area contributed by atoms with Gasteiger partial charge in [-0.2, -0.15) is 0 Å². The molecule has 8 heteroatoms. The topological polar surface area (TPSA) is 102 Å². The minimum atomic E-state index is -3.67. The molecule has 0 saturated carbocycles. The molecule has 0 aromatic heterocycles. The molecule has 0 saturated heterocycles. The van der Waals surface area contributed by atoms with Gasteiger partial charge in [-0.25, -0.2) is 17.9 Å². The summed E-state index contributed by atoms with van der Waals surface area (Å²) in [4.78, 5) is 23.9. The number of rotatable bonds is 7. The molecule has 1 unspecified atom stereocenters. The summed E-state index contributed by atoms with van der Waals surface area (Å²) in [5, 5.41) is 2.73. The van der Waals surface area contributed by atoms with E-state index >= 15 is 0 Å². The molecule has 0 aliphatic rings. The molecule has 2 aromatic rings. The van der Waals surface area contributed by atoms with Gasteiger partial charge >= 0.3 is 5.97 Å². The molecule has 0 bridgehead atoms. The third-order valence-corrected chi connectivity index (χ3v) is 5.07. The van der Waals surface area contributed by atoms with E-state index in [0.717, 1.165) is 5.56 Å². The van der Waals surface area contributed by atoms with Gasteiger partial charge in [-0.1, -0.05) is 36.4 Å². The number of esters is 1. The molecular formula is C18H20N2O5S. The lowest BCUT2D eigenvalue weighted by Crippen LogP contribution is -2.31. The zero-order chi connectivity index (χ0) is 19.2. The molecule has 0 heterocycles.